The number of benzene rings is 1. The molecular weight excluding hydrogens is 304 g/mol. The van der Waals surface area contributed by atoms with Gasteiger partial charge >= 0.3 is 0 Å². The lowest BCUT2D eigenvalue weighted by Crippen LogP contribution is -2.46. The number of hydrogen-bond acceptors (Lipinski definition) is 4. The predicted molar refractivity (Wildman–Crippen MR) is 94.1 cm³/mol. The number of carbonyl (C=O) groups excluding carboxylic acids is 1. The van der Waals surface area contributed by atoms with E-state index in [2.05, 4.69) is 17.9 Å². The van der Waals surface area contributed by atoms with E-state index in [1.165, 1.54) is 6.08 Å². The molecule has 24 heavy (non-hydrogen) atoms. The smallest absolute Gasteiger partial charge is 0.246 e. The largest absolute Gasteiger partial charge is 0.485 e. The summed E-state index contributed by atoms with van der Waals surface area (Å²) in [4.78, 5) is 16.2. The molecule has 3 rings (SSSR count). The molecule has 1 amide bonds. The molecule has 0 saturated carbocycles. The van der Waals surface area contributed by atoms with Crippen molar-refractivity contribution in [1.29, 1.82) is 0 Å². The summed E-state index contributed by atoms with van der Waals surface area (Å²) in [5.41, 5.74) is 1.11. The van der Waals surface area contributed by atoms with Gasteiger partial charge in [-0.1, -0.05) is 12.1 Å². The summed E-state index contributed by atoms with van der Waals surface area (Å²) in [6.07, 6.45) is 4.73. The van der Waals surface area contributed by atoms with E-state index >= 15 is 0 Å². The Labute approximate surface area is 142 Å². The number of amides is 1. The summed E-state index contributed by atoms with van der Waals surface area (Å²) >= 11 is 0. The molecule has 1 aromatic heterocycles. The monoisotopic (exact) mass is 326 g/mol. The number of para-hydroxylation sites is 2. The summed E-state index contributed by atoms with van der Waals surface area (Å²) in [5, 5.41) is 0. The first-order chi connectivity index (χ1) is 11.7. The van der Waals surface area contributed by atoms with Gasteiger partial charge in [0.1, 0.15) is 17.6 Å². The Morgan fingerprint density at radius 2 is 2.17 bits per heavy atom. The first kappa shape index (κ1) is 16.2. The number of nitrogens with zero attached hydrogens (tertiary/aromatic N) is 2. The van der Waals surface area contributed by atoms with Gasteiger partial charge in [0.15, 0.2) is 0 Å². The maximum atomic E-state index is 12.2. The highest BCUT2D eigenvalue weighted by molar-refractivity contribution is 5.91. The highest BCUT2D eigenvalue weighted by Gasteiger charge is 2.26. The normalized spacial score (nSPS) is 16.8. The van der Waals surface area contributed by atoms with Crippen LogP contribution >= 0.6 is 0 Å². The molecule has 0 aliphatic carbocycles. The fraction of sp³-hybridized carbons (Fsp3) is 0.316. The summed E-state index contributed by atoms with van der Waals surface area (Å²) in [7, 11) is 1.79. The molecule has 0 spiro atoms. The van der Waals surface area contributed by atoms with Gasteiger partial charge < -0.3 is 19.0 Å². The molecule has 1 aliphatic heterocycles. The van der Waals surface area contributed by atoms with Crippen molar-refractivity contribution in [3.05, 3.63) is 54.5 Å². The Kier molecular flexibility index (Phi) is 4.89. The van der Waals surface area contributed by atoms with Crippen LogP contribution in [-0.2, 0) is 4.79 Å². The highest BCUT2D eigenvalue weighted by Crippen LogP contribution is 2.32. The Morgan fingerprint density at radius 3 is 2.92 bits per heavy atom. The van der Waals surface area contributed by atoms with Crippen LogP contribution in [0.2, 0.25) is 0 Å². The van der Waals surface area contributed by atoms with E-state index in [0.29, 0.717) is 12.3 Å². The molecule has 0 N–H and O–H groups in total. The summed E-state index contributed by atoms with van der Waals surface area (Å²) in [5.74, 6) is 1.47. The van der Waals surface area contributed by atoms with Gasteiger partial charge in [0.05, 0.1) is 25.0 Å². The lowest BCUT2D eigenvalue weighted by Gasteiger charge is -2.37. The number of ether oxygens (including phenoxy) is 1. The Bertz CT molecular complexity index is 709. The Balaban J connectivity index is 1.62. The number of fused-ring (bicyclic) bond motifs is 1. The molecule has 5 heteroatoms. The zero-order chi connectivity index (χ0) is 16.9. The minimum absolute atomic E-state index is 0.0502. The van der Waals surface area contributed by atoms with Gasteiger partial charge in [0, 0.05) is 19.7 Å². The van der Waals surface area contributed by atoms with Crippen LogP contribution in [0.5, 0.6) is 5.75 Å². The van der Waals surface area contributed by atoms with E-state index in [4.69, 9.17) is 9.15 Å². The van der Waals surface area contributed by atoms with Crippen molar-refractivity contribution in [1.82, 2.24) is 4.90 Å². The third-order valence-corrected chi connectivity index (χ3v) is 4.09. The molecule has 0 bridgehead atoms. The van der Waals surface area contributed by atoms with Crippen LogP contribution in [0.25, 0.3) is 6.08 Å². The van der Waals surface area contributed by atoms with Gasteiger partial charge in [-0.05, 0) is 37.3 Å². The van der Waals surface area contributed by atoms with Gasteiger partial charge in [0.25, 0.3) is 0 Å². The van der Waals surface area contributed by atoms with Gasteiger partial charge in [0.2, 0.25) is 5.91 Å². The number of carbonyl (C=O) groups is 1. The minimum atomic E-state index is -0.0723. The second kappa shape index (κ2) is 7.25. The number of likely N-dealkylation sites (N-methyl/N-ethyl adjacent to an activating group) is 2. The number of anilines is 1. The fourth-order valence-electron chi connectivity index (χ4n) is 2.84. The molecule has 1 aromatic carbocycles. The third-order valence-electron chi connectivity index (χ3n) is 4.09. The molecule has 2 aromatic rings. The van der Waals surface area contributed by atoms with Crippen LogP contribution in [0.4, 0.5) is 5.69 Å². The van der Waals surface area contributed by atoms with Crippen molar-refractivity contribution in [2.45, 2.75) is 13.0 Å². The summed E-state index contributed by atoms with van der Waals surface area (Å²) in [6.45, 7) is 4.34. The van der Waals surface area contributed by atoms with E-state index in [1.54, 1.807) is 30.4 Å². The summed E-state index contributed by atoms with van der Waals surface area (Å²) in [6, 6.07) is 11.6. The molecule has 0 radical (unpaired) electrons. The first-order valence-electron chi connectivity index (χ1n) is 8.14. The molecule has 2 heterocycles. The van der Waals surface area contributed by atoms with Crippen molar-refractivity contribution in [2.24, 2.45) is 0 Å². The molecule has 1 atom stereocenters. The van der Waals surface area contributed by atoms with E-state index < -0.39 is 0 Å². The van der Waals surface area contributed by atoms with Crippen LogP contribution in [0.1, 0.15) is 12.7 Å². The molecule has 1 aliphatic rings. The SMILES string of the molecule is CCN1C[C@H](CN(C)C(=O)/C=C/c2ccco2)Oc2ccccc21. The highest BCUT2D eigenvalue weighted by atomic mass is 16.5. The van der Waals surface area contributed by atoms with Crippen molar-refractivity contribution in [3.8, 4) is 5.75 Å². The topological polar surface area (TPSA) is 45.9 Å². The van der Waals surface area contributed by atoms with Crippen LogP contribution in [-0.4, -0.2) is 43.6 Å². The van der Waals surface area contributed by atoms with E-state index in [1.807, 2.05) is 24.3 Å². The molecule has 0 unspecified atom stereocenters. The zero-order valence-corrected chi connectivity index (χ0v) is 14.0. The van der Waals surface area contributed by atoms with Gasteiger partial charge in [-0.2, -0.15) is 0 Å². The average molecular weight is 326 g/mol. The van der Waals surface area contributed by atoms with Crippen LogP contribution < -0.4 is 9.64 Å². The lowest BCUT2D eigenvalue weighted by atomic mass is 10.2. The number of hydrogen-bond donors (Lipinski definition) is 0. The zero-order valence-electron chi connectivity index (χ0n) is 14.0. The van der Waals surface area contributed by atoms with Crippen molar-refractivity contribution in [3.63, 3.8) is 0 Å². The van der Waals surface area contributed by atoms with Crippen molar-refractivity contribution < 1.29 is 13.9 Å². The predicted octanol–water partition coefficient (Wildman–Crippen LogP) is 3.04. The van der Waals surface area contributed by atoms with Crippen molar-refractivity contribution in [2.75, 3.05) is 31.6 Å². The molecule has 5 nitrogen and oxygen atoms in total. The molecular formula is C19H22N2O3. The van der Waals surface area contributed by atoms with Gasteiger partial charge in [-0.25, -0.2) is 0 Å². The number of rotatable bonds is 5. The number of furan rings is 1. The molecule has 0 fully saturated rings. The standard InChI is InChI=1S/C19H22N2O3/c1-3-21-14-16(24-18-9-5-4-8-17(18)21)13-20(2)19(22)11-10-15-7-6-12-23-15/h4-12,16H,3,13-14H2,1-2H3/b11-10+/t16-/m0/s1. The maximum absolute atomic E-state index is 12.2. The maximum Gasteiger partial charge on any atom is 0.246 e. The van der Waals surface area contributed by atoms with Crippen LogP contribution in [0.3, 0.4) is 0 Å². The summed E-state index contributed by atoms with van der Waals surface area (Å²) < 4.78 is 11.2. The Morgan fingerprint density at radius 1 is 1.33 bits per heavy atom. The van der Waals surface area contributed by atoms with E-state index in [9.17, 15) is 4.79 Å². The minimum Gasteiger partial charge on any atom is -0.485 e. The second-order valence-electron chi connectivity index (χ2n) is 5.81. The molecule has 0 saturated heterocycles. The first-order valence-corrected chi connectivity index (χ1v) is 8.14. The average Bonchev–Trinajstić information content (AvgIpc) is 3.12. The van der Waals surface area contributed by atoms with Gasteiger partial charge in [-0.3, -0.25) is 4.79 Å². The quantitative estimate of drug-likeness (QED) is 0.792. The van der Waals surface area contributed by atoms with E-state index in [0.717, 1.165) is 24.5 Å². The van der Waals surface area contributed by atoms with Crippen LogP contribution in [0.15, 0.2) is 53.2 Å². The second-order valence-corrected chi connectivity index (χ2v) is 5.81. The third kappa shape index (κ3) is 3.62. The molecule has 126 valence electrons. The van der Waals surface area contributed by atoms with Crippen molar-refractivity contribution >= 4 is 17.7 Å². The lowest BCUT2D eigenvalue weighted by molar-refractivity contribution is -0.125. The van der Waals surface area contributed by atoms with Crippen LogP contribution in [0, 0.1) is 0 Å². The van der Waals surface area contributed by atoms with E-state index in [-0.39, 0.29) is 12.0 Å². The fourth-order valence-corrected chi connectivity index (χ4v) is 2.84. The Hall–Kier alpha value is -2.69. The van der Waals surface area contributed by atoms with Gasteiger partial charge in [-0.15, -0.1) is 0 Å².